The van der Waals surface area contributed by atoms with Crippen LogP contribution in [0.25, 0.3) is 0 Å². The molecule has 1 N–H and O–H groups in total. The number of carbonyl (C=O) groups is 1. The Kier molecular flexibility index (Phi) is 3.23. The van der Waals surface area contributed by atoms with Crippen LogP contribution < -0.4 is 5.56 Å². The number of likely N-dealkylation sites (tertiary alicyclic amines) is 1. The normalized spacial score (nSPS) is 20.4. The Bertz CT molecular complexity index is 877. The molecular weight excluding hydrogens is 318 g/mol. The highest BCUT2D eigenvalue weighted by Crippen LogP contribution is 2.39. The summed E-state index contributed by atoms with van der Waals surface area (Å²) in [5, 5.41) is 0. The summed E-state index contributed by atoms with van der Waals surface area (Å²) in [6.45, 7) is 1.16. The average molecular weight is 337 g/mol. The molecule has 2 aliphatic carbocycles. The van der Waals surface area contributed by atoms with Gasteiger partial charge in [-0.05, 0) is 37.2 Å². The average Bonchev–Trinajstić information content (AvgIpc) is 3.47. The van der Waals surface area contributed by atoms with Crippen LogP contribution in [0.4, 0.5) is 0 Å². The van der Waals surface area contributed by atoms with E-state index in [2.05, 4.69) is 19.9 Å². The van der Waals surface area contributed by atoms with Crippen LogP contribution in [0.5, 0.6) is 0 Å². The lowest BCUT2D eigenvalue weighted by Gasteiger charge is -2.38. The number of hydrogen-bond acceptors (Lipinski definition) is 5. The van der Waals surface area contributed by atoms with Gasteiger partial charge in [0, 0.05) is 37.5 Å². The number of H-pyrrole nitrogens is 1. The van der Waals surface area contributed by atoms with Crippen molar-refractivity contribution in [1.29, 1.82) is 0 Å². The highest BCUT2D eigenvalue weighted by atomic mass is 16.2. The zero-order chi connectivity index (χ0) is 17.0. The van der Waals surface area contributed by atoms with Gasteiger partial charge in [-0.1, -0.05) is 0 Å². The van der Waals surface area contributed by atoms with Gasteiger partial charge in [-0.25, -0.2) is 15.0 Å². The predicted octanol–water partition coefficient (Wildman–Crippen LogP) is 1.55. The Morgan fingerprint density at radius 1 is 1.04 bits per heavy atom. The molecule has 0 unspecified atom stereocenters. The van der Waals surface area contributed by atoms with E-state index in [1.807, 2.05) is 12.4 Å². The predicted molar refractivity (Wildman–Crippen MR) is 89.5 cm³/mol. The number of nitrogens with one attached hydrogen (secondary N) is 1. The second-order valence-electron chi connectivity index (χ2n) is 7.35. The first kappa shape index (κ1) is 14.7. The van der Waals surface area contributed by atoms with Crippen LogP contribution >= 0.6 is 0 Å². The lowest BCUT2D eigenvalue weighted by molar-refractivity contribution is 0.0587. The molecule has 0 bridgehead atoms. The van der Waals surface area contributed by atoms with Crippen molar-refractivity contribution in [2.45, 2.75) is 43.4 Å². The maximum Gasteiger partial charge on any atom is 0.272 e. The van der Waals surface area contributed by atoms with Gasteiger partial charge in [0.1, 0.15) is 17.3 Å². The summed E-state index contributed by atoms with van der Waals surface area (Å²) in [5.41, 5.74) is 1.21. The Hall–Kier alpha value is -2.57. The van der Waals surface area contributed by atoms with Crippen LogP contribution in [-0.2, 0) is 0 Å². The Morgan fingerprint density at radius 2 is 1.72 bits per heavy atom. The van der Waals surface area contributed by atoms with Gasteiger partial charge in [0.25, 0.3) is 11.5 Å². The summed E-state index contributed by atoms with van der Waals surface area (Å²) >= 11 is 0. The fourth-order valence-corrected chi connectivity index (χ4v) is 3.29. The topological polar surface area (TPSA) is 91.8 Å². The maximum absolute atomic E-state index is 12.6. The molecule has 1 amide bonds. The highest BCUT2D eigenvalue weighted by Gasteiger charge is 2.36. The van der Waals surface area contributed by atoms with E-state index in [0.29, 0.717) is 30.7 Å². The second kappa shape index (κ2) is 5.47. The Morgan fingerprint density at radius 3 is 2.36 bits per heavy atom. The third-order valence-electron chi connectivity index (χ3n) is 5.22. The molecule has 2 aromatic rings. The van der Waals surface area contributed by atoms with E-state index >= 15 is 0 Å². The summed E-state index contributed by atoms with van der Waals surface area (Å²) in [6, 6.07) is 1.29. The minimum atomic E-state index is -0.253. The summed E-state index contributed by atoms with van der Waals surface area (Å²) in [4.78, 5) is 42.1. The van der Waals surface area contributed by atoms with Crippen molar-refractivity contribution in [2.75, 3.05) is 13.1 Å². The number of nitrogens with zero attached hydrogens (tertiary/aromatic N) is 4. The highest BCUT2D eigenvalue weighted by molar-refractivity contribution is 5.92. The van der Waals surface area contributed by atoms with Crippen molar-refractivity contribution in [3.8, 4) is 0 Å². The molecule has 1 saturated heterocycles. The van der Waals surface area contributed by atoms with E-state index in [1.54, 1.807) is 4.90 Å². The fourth-order valence-electron chi connectivity index (χ4n) is 3.29. The lowest BCUT2D eigenvalue weighted by atomic mass is 9.98. The molecule has 0 spiro atoms. The van der Waals surface area contributed by atoms with Gasteiger partial charge < -0.3 is 9.88 Å². The number of hydrogen-bond donors (Lipinski definition) is 1. The van der Waals surface area contributed by atoms with E-state index in [9.17, 15) is 9.59 Å². The van der Waals surface area contributed by atoms with Gasteiger partial charge in [-0.3, -0.25) is 9.59 Å². The first-order valence-corrected chi connectivity index (χ1v) is 8.90. The molecule has 0 aromatic carbocycles. The molecule has 1 aliphatic heterocycles. The van der Waals surface area contributed by atoms with Crippen LogP contribution in [-0.4, -0.2) is 43.8 Å². The molecule has 3 aliphatic rings. The van der Waals surface area contributed by atoms with Crippen molar-refractivity contribution in [2.24, 2.45) is 0 Å². The largest absolute Gasteiger partial charge is 0.336 e. The zero-order valence-corrected chi connectivity index (χ0v) is 13.8. The summed E-state index contributed by atoms with van der Waals surface area (Å²) < 4.78 is 0. The van der Waals surface area contributed by atoms with Gasteiger partial charge >= 0.3 is 0 Å². The summed E-state index contributed by atoms with van der Waals surface area (Å²) in [7, 11) is 0. The third-order valence-corrected chi connectivity index (χ3v) is 5.22. The van der Waals surface area contributed by atoms with Crippen molar-refractivity contribution in [3.63, 3.8) is 0 Å². The van der Waals surface area contributed by atoms with Gasteiger partial charge in [0.2, 0.25) is 0 Å². The van der Waals surface area contributed by atoms with Crippen LogP contribution in [0.1, 0.15) is 71.1 Å². The van der Waals surface area contributed by atoms with Crippen LogP contribution in [0, 0.1) is 0 Å². The number of aromatic nitrogens is 4. The van der Waals surface area contributed by atoms with E-state index in [-0.39, 0.29) is 23.1 Å². The first-order valence-electron chi connectivity index (χ1n) is 8.90. The summed E-state index contributed by atoms with van der Waals surface area (Å²) in [6.07, 6.45) is 8.37. The smallest absolute Gasteiger partial charge is 0.272 e. The molecule has 3 fully saturated rings. The molecule has 0 radical (unpaired) electrons. The van der Waals surface area contributed by atoms with Gasteiger partial charge in [0.05, 0.1) is 5.92 Å². The van der Waals surface area contributed by atoms with Gasteiger partial charge in [0.15, 0.2) is 0 Å². The molecule has 7 nitrogen and oxygen atoms in total. The second-order valence-corrected chi connectivity index (χ2v) is 7.35. The molecular formula is C18H19N5O2. The third kappa shape index (κ3) is 2.83. The minimum Gasteiger partial charge on any atom is -0.336 e. The van der Waals surface area contributed by atoms with Crippen molar-refractivity contribution < 1.29 is 4.79 Å². The van der Waals surface area contributed by atoms with E-state index in [4.69, 9.17) is 0 Å². The fraction of sp³-hybridized carbons (Fsp3) is 0.500. The monoisotopic (exact) mass is 337 g/mol. The van der Waals surface area contributed by atoms with Gasteiger partial charge in [-0.15, -0.1) is 0 Å². The quantitative estimate of drug-likeness (QED) is 0.914. The number of aromatic amines is 1. The maximum atomic E-state index is 12.6. The van der Waals surface area contributed by atoms with E-state index in [1.165, 1.54) is 24.5 Å². The zero-order valence-electron chi connectivity index (χ0n) is 13.8. The number of rotatable bonds is 4. The first-order chi connectivity index (χ1) is 12.2. The molecule has 25 heavy (non-hydrogen) atoms. The Labute approximate surface area is 144 Å². The molecule has 7 heteroatoms. The van der Waals surface area contributed by atoms with Gasteiger partial charge in [-0.2, -0.15) is 0 Å². The van der Waals surface area contributed by atoms with Crippen LogP contribution in [0.3, 0.4) is 0 Å². The molecule has 128 valence electrons. The SMILES string of the molecule is O=C(c1cc(=O)[nH]c(C2CC2)n1)N1CC(c2ncc(C3CC3)cn2)C1. The van der Waals surface area contributed by atoms with Crippen molar-refractivity contribution in [1.82, 2.24) is 24.8 Å². The molecule has 3 heterocycles. The number of carbonyl (C=O) groups excluding carboxylic acids is 1. The Balaban J connectivity index is 1.26. The van der Waals surface area contributed by atoms with Crippen LogP contribution in [0.15, 0.2) is 23.3 Å². The molecule has 2 saturated carbocycles. The summed E-state index contributed by atoms with van der Waals surface area (Å²) in [5.74, 6) is 2.39. The minimum absolute atomic E-state index is 0.169. The lowest BCUT2D eigenvalue weighted by Crippen LogP contribution is -2.49. The van der Waals surface area contributed by atoms with Crippen molar-refractivity contribution in [3.05, 3.63) is 51.7 Å². The molecule has 5 rings (SSSR count). The number of amides is 1. The van der Waals surface area contributed by atoms with Crippen LogP contribution in [0.2, 0.25) is 0 Å². The van der Waals surface area contributed by atoms with E-state index in [0.717, 1.165) is 18.7 Å². The molecule has 2 aromatic heterocycles. The van der Waals surface area contributed by atoms with E-state index < -0.39 is 0 Å². The standard InChI is InChI=1S/C18H19N5O2/c24-15-5-14(21-17(22-15)11-3-4-11)18(25)23-8-13(9-23)16-19-6-12(7-20-16)10-1-2-10/h5-7,10-11,13H,1-4,8-9H2,(H,21,22,24). The molecule has 0 atom stereocenters. The van der Waals surface area contributed by atoms with Crippen molar-refractivity contribution >= 4 is 5.91 Å².